The Balaban J connectivity index is 1.94. The Kier molecular flexibility index (Phi) is 1.67. The first-order chi connectivity index (χ1) is 6.68. The van der Waals surface area contributed by atoms with Crippen LogP contribution in [0.15, 0.2) is 12.2 Å². The van der Waals surface area contributed by atoms with Crippen molar-refractivity contribution in [3.63, 3.8) is 0 Å². The fraction of sp³-hybridized carbons (Fsp3) is 0.750. The lowest BCUT2D eigenvalue weighted by Crippen LogP contribution is -2.37. The van der Waals surface area contributed by atoms with Crippen LogP contribution in [0.4, 0.5) is 0 Å². The van der Waals surface area contributed by atoms with E-state index >= 15 is 0 Å². The molecule has 0 aromatic rings. The molecule has 1 heterocycles. The number of rotatable bonds is 1. The molecule has 0 radical (unpaired) electrons. The third-order valence-electron chi connectivity index (χ3n) is 4.44. The molecule has 2 nitrogen and oxygen atoms in total. The quantitative estimate of drug-likeness (QED) is 0.583. The number of Topliss-reactive ketones (excluding diaryl/α,β-unsaturated/α-hetero) is 1. The SMILES string of the molecule is CC(=O)[C@@H]1[C@@H]2[C@H](CN1C)[C@@H]1C=C[C@H]2C1. The normalized spacial score (nSPS) is 50.0. The van der Waals surface area contributed by atoms with Gasteiger partial charge in [0.05, 0.1) is 6.04 Å². The van der Waals surface area contributed by atoms with Crippen LogP contribution in [0, 0.1) is 23.7 Å². The lowest BCUT2D eigenvalue weighted by Gasteiger charge is -2.25. The molecule has 1 aliphatic heterocycles. The minimum Gasteiger partial charge on any atom is -0.298 e. The number of fused-ring (bicyclic) bond motifs is 5. The number of hydrogen-bond donors (Lipinski definition) is 0. The fourth-order valence-electron chi connectivity index (χ4n) is 4.01. The minimum absolute atomic E-state index is 0.208. The largest absolute Gasteiger partial charge is 0.298 e. The summed E-state index contributed by atoms with van der Waals surface area (Å²) in [6.07, 6.45) is 6.04. The summed E-state index contributed by atoms with van der Waals surface area (Å²) in [5.41, 5.74) is 0. The summed E-state index contributed by atoms with van der Waals surface area (Å²) in [4.78, 5) is 13.9. The van der Waals surface area contributed by atoms with Crippen LogP contribution in [-0.2, 0) is 4.79 Å². The number of nitrogens with zero attached hydrogens (tertiary/aromatic N) is 1. The van der Waals surface area contributed by atoms with Gasteiger partial charge in [-0.3, -0.25) is 9.69 Å². The summed E-state index contributed by atoms with van der Waals surface area (Å²) >= 11 is 0. The van der Waals surface area contributed by atoms with Gasteiger partial charge >= 0.3 is 0 Å². The monoisotopic (exact) mass is 191 g/mol. The summed E-state index contributed by atoms with van der Waals surface area (Å²) in [5, 5.41) is 0. The van der Waals surface area contributed by atoms with Crippen LogP contribution in [0.5, 0.6) is 0 Å². The second-order valence-corrected chi connectivity index (χ2v) is 5.18. The molecule has 1 saturated heterocycles. The second-order valence-electron chi connectivity index (χ2n) is 5.18. The average Bonchev–Trinajstić information content (AvgIpc) is 2.70. The Bertz CT molecular complexity index is 309. The first-order valence-corrected chi connectivity index (χ1v) is 5.57. The van der Waals surface area contributed by atoms with Crippen molar-refractivity contribution in [1.29, 1.82) is 0 Å². The lowest BCUT2D eigenvalue weighted by atomic mass is 9.81. The Morgan fingerprint density at radius 3 is 2.79 bits per heavy atom. The first kappa shape index (κ1) is 8.66. The first-order valence-electron chi connectivity index (χ1n) is 5.57. The standard InChI is InChI=1S/C12H17NO/c1-7(14)12-11-9-4-3-8(5-9)10(11)6-13(12)2/h3-4,8-12H,5-6H2,1-2H3/t8-,9+,10-,11+,12-/m1/s1. The van der Waals surface area contributed by atoms with E-state index in [1.54, 1.807) is 6.92 Å². The zero-order valence-corrected chi connectivity index (χ0v) is 8.81. The van der Waals surface area contributed by atoms with Gasteiger partial charge in [0.1, 0.15) is 5.78 Å². The lowest BCUT2D eigenvalue weighted by molar-refractivity contribution is -0.122. The molecule has 0 unspecified atom stereocenters. The Labute approximate surface area is 85.0 Å². The van der Waals surface area contributed by atoms with Crippen molar-refractivity contribution in [2.75, 3.05) is 13.6 Å². The van der Waals surface area contributed by atoms with E-state index in [1.807, 2.05) is 0 Å². The van der Waals surface area contributed by atoms with E-state index in [0.717, 1.165) is 18.4 Å². The van der Waals surface area contributed by atoms with Gasteiger partial charge in [0.15, 0.2) is 0 Å². The Morgan fingerprint density at radius 2 is 2.07 bits per heavy atom. The molecule has 0 aromatic carbocycles. The van der Waals surface area contributed by atoms with Gasteiger partial charge in [-0.05, 0) is 44.1 Å². The zero-order chi connectivity index (χ0) is 9.87. The van der Waals surface area contributed by atoms with Crippen LogP contribution in [0.1, 0.15) is 13.3 Å². The van der Waals surface area contributed by atoms with Crippen molar-refractivity contribution < 1.29 is 4.79 Å². The van der Waals surface area contributed by atoms with Crippen LogP contribution in [0.25, 0.3) is 0 Å². The molecule has 2 heteroatoms. The molecule has 5 atom stereocenters. The van der Waals surface area contributed by atoms with Crippen LogP contribution >= 0.6 is 0 Å². The molecule has 0 aromatic heterocycles. The molecular formula is C12H17NO. The molecule has 2 fully saturated rings. The molecule has 76 valence electrons. The number of allylic oxidation sites excluding steroid dienone is 2. The minimum atomic E-state index is 0.208. The average molecular weight is 191 g/mol. The maximum absolute atomic E-state index is 11.6. The van der Waals surface area contributed by atoms with E-state index < -0.39 is 0 Å². The summed E-state index contributed by atoms with van der Waals surface area (Å²) < 4.78 is 0. The maximum Gasteiger partial charge on any atom is 0.147 e. The second kappa shape index (κ2) is 2.69. The van der Waals surface area contributed by atoms with E-state index in [0.29, 0.717) is 17.6 Å². The van der Waals surface area contributed by atoms with Crippen LogP contribution in [0.2, 0.25) is 0 Å². The third kappa shape index (κ3) is 0.924. The predicted molar refractivity (Wildman–Crippen MR) is 54.8 cm³/mol. The molecule has 2 aliphatic carbocycles. The van der Waals surface area contributed by atoms with Gasteiger partial charge in [0.2, 0.25) is 0 Å². The van der Waals surface area contributed by atoms with E-state index in [-0.39, 0.29) is 6.04 Å². The van der Waals surface area contributed by atoms with E-state index in [1.165, 1.54) is 6.42 Å². The van der Waals surface area contributed by atoms with Gasteiger partial charge in [-0.15, -0.1) is 0 Å². The van der Waals surface area contributed by atoms with Gasteiger partial charge in [0, 0.05) is 6.54 Å². The summed E-state index contributed by atoms with van der Waals surface area (Å²) in [7, 11) is 2.10. The summed E-state index contributed by atoms with van der Waals surface area (Å²) in [6, 6.07) is 0.208. The van der Waals surface area contributed by atoms with Crippen molar-refractivity contribution in [3.05, 3.63) is 12.2 Å². The topological polar surface area (TPSA) is 20.3 Å². The van der Waals surface area contributed by atoms with Crippen LogP contribution in [0.3, 0.4) is 0 Å². The molecule has 2 bridgehead atoms. The fourth-order valence-corrected chi connectivity index (χ4v) is 4.01. The van der Waals surface area contributed by atoms with Crippen molar-refractivity contribution in [2.45, 2.75) is 19.4 Å². The van der Waals surface area contributed by atoms with Crippen molar-refractivity contribution in [3.8, 4) is 0 Å². The number of carbonyl (C=O) groups excluding carboxylic acids is 1. The third-order valence-corrected chi connectivity index (χ3v) is 4.44. The zero-order valence-electron chi connectivity index (χ0n) is 8.81. The smallest absolute Gasteiger partial charge is 0.147 e. The molecule has 3 rings (SSSR count). The molecule has 14 heavy (non-hydrogen) atoms. The maximum atomic E-state index is 11.6. The highest BCUT2D eigenvalue weighted by atomic mass is 16.1. The molecule has 0 spiro atoms. The highest BCUT2D eigenvalue weighted by Gasteiger charge is 2.54. The highest BCUT2D eigenvalue weighted by Crippen LogP contribution is 2.53. The van der Waals surface area contributed by atoms with Gasteiger partial charge in [-0.25, -0.2) is 0 Å². The van der Waals surface area contributed by atoms with Gasteiger partial charge < -0.3 is 0 Å². The number of carbonyl (C=O) groups is 1. The number of hydrogen-bond acceptors (Lipinski definition) is 2. The van der Waals surface area contributed by atoms with E-state index in [2.05, 4.69) is 24.1 Å². The van der Waals surface area contributed by atoms with Gasteiger partial charge in [0.25, 0.3) is 0 Å². The number of likely N-dealkylation sites (tertiary alicyclic amines) is 1. The predicted octanol–water partition coefficient (Wildman–Crippen LogP) is 1.33. The highest BCUT2D eigenvalue weighted by molar-refractivity contribution is 5.82. The molecular weight excluding hydrogens is 174 g/mol. The Morgan fingerprint density at radius 1 is 1.36 bits per heavy atom. The Hall–Kier alpha value is -0.630. The van der Waals surface area contributed by atoms with Crippen molar-refractivity contribution >= 4 is 5.78 Å². The van der Waals surface area contributed by atoms with Gasteiger partial charge in [-0.1, -0.05) is 12.2 Å². The molecule has 1 saturated carbocycles. The summed E-state index contributed by atoms with van der Waals surface area (Å²) in [6.45, 7) is 2.87. The van der Waals surface area contributed by atoms with Crippen molar-refractivity contribution in [2.24, 2.45) is 23.7 Å². The van der Waals surface area contributed by atoms with Gasteiger partial charge in [-0.2, -0.15) is 0 Å². The van der Waals surface area contributed by atoms with Crippen molar-refractivity contribution in [1.82, 2.24) is 4.90 Å². The molecule has 0 N–H and O–H groups in total. The van der Waals surface area contributed by atoms with E-state index in [4.69, 9.17) is 0 Å². The van der Waals surface area contributed by atoms with Crippen LogP contribution < -0.4 is 0 Å². The number of ketones is 1. The van der Waals surface area contributed by atoms with E-state index in [9.17, 15) is 4.79 Å². The van der Waals surface area contributed by atoms with Crippen LogP contribution in [-0.4, -0.2) is 30.3 Å². The molecule has 0 amide bonds. The molecule has 3 aliphatic rings. The summed E-state index contributed by atoms with van der Waals surface area (Å²) in [5.74, 6) is 3.23. The number of likely N-dealkylation sites (N-methyl/N-ethyl adjacent to an activating group) is 1.